The van der Waals surface area contributed by atoms with Crippen molar-refractivity contribution in [2.45, 2.75) is 78.4 Å². The van der Waals surface area contributed by atoms with Gasteiger partial charge in [-0.3, -0.25) is 4.90 Å². The van der Waals surface area contributed by atoms with Gasteiger partial charge in [-0.05, 0) is 63.7 Å². The highest BCUT2D eigenvalue weighted by Crippen LogP contribution is 2.29. The minimum atomic E-state index is -0.493. The van der Waals surface area contributed by atoms with Crippen molar-refractivity contribution in [3.05, 3.63) is 29.3 Å². The summed E-state index contributed by atoms with van der Waals surface area (Å²) in [6.07, 6.45) is 3.83. The quantitative estimate of drug-likeness (QED) is 0.713. The molecule has 0 saturated carbocycles. The molecule has 2 rings (SSSR count). The van der Waals surface area contributed by atoms with E-state index in [-0.39, 0.29) is 18.0 Å². The van der Waals surface area contributed by atoms with E-state index in [4.69, 9.17) is 9.47 Å². The highest BCUT2D eigenvalue weighted by molar-refractivity contribution is 5.71. The van der Waals surface area contributed by atoms with E-state index in [1.54, 1.807) is 0 Å². The van der Waals surface area contributed by atoms with Crippen molar-refractivity contribution in [2.24, 2.45) is 0 Å². The standard InChI is InChI=1S/C22H35NO3/c1-21(2,3)18-10-11-19(25-16-20(24)26-22(4,5)6)17(14-18)15-23-12-8-7-9-13-23/h10-11,14H,7-9,12-13,15-16H2,1-6H3. The van der Waals surface area contributed by atoms with E-state index in [0.29, 0.717) is 0 Å². The summed E-state index contributed by atoms with van der Waals surface area (Å²) in [5.41, 5.74) is 2.03. The Kier molecular flexibility index (Phi) is 6.73. The van der Waals surface area contributed by atoms with Crippen LogP contribution in [0.3, 0.4) is 0 Å². The molecule has 1 aromatic rings. The average molecular weight is 362 g/mol. The van der Waals surface area contributed by atoms with Crippen molar-refractivity contribution >= 4 is 5.97 Å². The highest BCUT2D eigenvalue weighted by atomic mass is 16.6. The van der Waals surface area contributed by atoms with Gasteiger partial charge >= 0.3 is 5.97 Å². The number of carbonyl (C=O) groups is 1. The predicted octanol–water partition coefficient (Wildman–Crippen LogP) is 4.69. The van der Waals surface area contributed by atoms with Gasteiger partial charge in [-0.15, -0.1) is 0 Å². The maximum atomic E-state index is 12.0. The lowest BCUT2D eigenvalue weighted by Crippen LogP contribution is -2.30. The lowest BCUT2D eigenvalue weighted by molar-refractivity contribution is -0.157. The molecule has 0 amide bonds. The molecular formula is C22H35NO3. The summed E-state index contributed by atoms with van der Waals surface area (Å²) in [6.45, 7) is 15.3. The highest BCUT2D eigenvalue weighted by Gasteiger charge is 2.20. The van der Waals surface area contributed by atoms with Crippen molar-refractivity contribution in [1.82, 2.24) is 4.90 Å². The molecule has 0 aliphatic carbocycles. The summed E-state index contributed by atoms with van der Waals surface area (Å²) in [7, 11) is 0. The van der Waals surface area contributed by atoms with Gasteiger partial charge in [-0.2, -0.15) is 0 Å². The number of ether oxygens (including phenoxy) is 2. The van der Waals surface area contributed by atoms with Gasteiger partial charge in [0.15, 0.2) is 6.61 Å². The molecule has 1 heterocycles. The Morgan fingerprint density at radius 1 is 1.04 bits per heavy atom. The molecule has 26 heavy (non-hydrogen) atoms. The van der Waals surface area contributed by atoms with Crippen LogP contribution in [0.2, 0.25) is 0 Å². The Morgan fingerprint density at radius 3 is 2.27 bits per heavy atom. The molecule has 1 aliphatic rings. The second kappa shape index (κ2) is 8.43. The number of nitrogens with zero attached hydrogens (tertiary/aromatic N) is 1. The van der Waals surface area contributed by atoms with Crippen LogP contribution < -0.4 is 4.74 Å². The maximum Gasteiger partial charge on any atom is 0.344 e. The zero-order valence-electron chi connectivity index (χ0n) is 17.4. The van der Waals surface area contributed by atoms with E-state index >= 15 is 0 Å². The van der Waals surface area contributed by atoms with E-state index in [9.17, 15) is 4.79 Å². The van der Waals surface area contributed by atoms with E-state index in [0.717, 1.165) is 30.9 Å². The molecule has 1 aromatic carbocycles. The SMILES string of the molecule is CC(C)(C)OC(=O)COc1ccc(C(C)(C)C)cc1CN1CCCCC1. The number of esters is 1. The molecule has 0 N–H and O–H groups in total. The summed E-state index contributed by atoms with van der Waals surface area (Å²) in [5, 5.41) is 0. The summed E-state index contributed by atoms with van der Waals surface area (Å²) >= 11 is 0. The Balaban J connectivity index is 2.13. The summed E-state index contributed by atoms with van der Waals surface area (Å²) < 4.78 is 11.2. The molecule has 1 aliphatic heterocycles. The van der Waals surface area contributed by atoms with Crippen LogP contribution in [0.1, 0.15) is 71.9 Å². The van der Waals surface area contributed by atoms with Gasteiger partial charge in [0.05, 0.1) is 0 Å². The van der Waals surface area contributed by atoms with Crippen LogP contribution in [-0.4, -0.2) is 36.2 Å². The minimum absolute atomic E-state index is 0.0564. The van der Waals surface area contributed by atoms with Gasteiger partial charge in [0.2, 0.25) is 0 Å². The van der Waals surface area contributed by atoms with Gasteiger partial charge in [-0.1, -0.05) is 39.3 Å². The molecule has 0 radical (unpaired) electrons. The van der Waals surface area contributed by atoms with E-state index in [2.05, 4.69) is 37.8 Å². The van der Waals surface area contributed by atoms with Gasteiger partial charge in [0.1, 0.15) is 11.4 Å². The molecule has 0 aromatic heterocycles. The predicted molar refractivity (Wildman–Crippen MR) is 106 cm³/mol. The zero-order chi connectivity index (χ0) is 19.4. The molecule has 1 fully saturated rings. The summed E-state index contributed by atoms with van der Waals surface area (Å²) in [6, 6.07) is 6.34. The third kappa shape index (κ3) is 6.64. The number of hydrogen-bond acceptors (Lipinski definition) is 4. The van der Waals surface area contributed by atoms with E-state index in [1.165, 1.54) is 24.8 Å². The van der Waals surface area contributed by atoms with E-state index in [1.807, 2.05) is 26.8 Å². The molecular weight excluding hydrogens is 326 g/mol. The Hall–Kier alpha value is -1.55. The lowest BCUT2D eigenvalue weighted by atomic mass is 9.86. The van der Waals surface area contributed by atoms with Crippen molar-refractivity contribution in [3.8, 4) is 5.75 Å². The molecule has 4 heteroatoms. The number of rotatable bonds is 5. The van der Waals surface area contributed by atoms with Gasteiger partial charge in [-0.25, -0.2) is 4.79 Å². The third-order valence-electron chi connectivity index (χ3n) is 4.53. The maximum absolute atomic E-state index is 12.0. The molecule has 4 nitrogen and oxygen atoms in total. The van der Waals surface area contributed by atoms with Gasteiger partial charge < -0.3 is 9.47 Å². The first kappa shape index (κ1) is 20.8. The number of benzene rings is 1. The van der Waals surface area contributed by atoms with Crippen molar-refractivity contribution in [1.29, 1.82) is 0 Å². The lowest BCUT2D eigenvalue weighted by Gasteiger charge is -2.28. The topological polar surface area (TPSA) is 38.8 Å². The summed E-state index contributed by atoms with van der Waals surface area (Å²) in [5.74, 6) is 0.454. The van der Waals surface area contributed by atoms with Crippen LogP contribution in [-0.2, 0) is 21.5 Å². The van der Waals surface area contributed by atoms with Crippen LogP contribution in [0.5, 0.6) is 5.75 Å². The fourth-order valence-corrected chi connectivity index (χ4v) is 3.18. The Labute approximate surface area is 158 Å². The first-order valence-electron chi connectivity index (χ1n) is 9.75. The molecule has 0 unspecified atom stereocenters. The second-order valence-corrected chi connectivity index (χ2v) is 9.28. The number of piperidine rings is 1. The second-order valence-electron chi connectivity index (χ2n) is 9.28. The smallest absolute Gasteiger partial charge is 0.344 e. The first-order valence-corrected chi connectivity index (χ1v) is 9.75. The van der Waals surface area contributed by atoms with Crippen molar-refractivity contribution in [2.75, 3.05) is 19.7 Å². The molecule has 0 spiro atoms. The zero-order valence-corrected chi connectivity index (χ0v) is 17.4. The first-order chi connectivity index (χ1) is 12.0. The summed E-state index contributed by atoms with van der Waals surface area (Å²) in [4.78, 5) is 14.5. The monoisotopic (exact) mass is 361 g/mol. The fourth-order valence-electron chi connectivity index (χ4n) is 3.18. The van der Waals surface area contributed by atoms with Crippen LogP contribution in [0.15, 0.2) is 18.2 Å². The number of carbonyl (C=O) groups excluding carboxylic acids is 1. The Morgan fingerprint density at radius 2 is 1.69 bits per heavy atom. The van der Waals surface area contributed by atoms with Gasteiger partial charge in [0, 0.05) is 12.1 Å². The van der Waals surface area contributed by atoms with Crippen molar-refractivity contribution < 1.29 is 14.3 Å². The van der Waals surface area contributed by atoms with Crippen LogP contribution >= 0.6 is 0 Å². The number of hydrogen-bond donors (Lipinski definition) is 0. The van der Waals surface area contributed by atoms with E-state index < -0.39 is 5.60 Å². The largest absolute Gasteiger partial charge is 0.482 e. The normalized spacial score (nSPS) is 16.4. The molecule has 1 saturated heterocycles. The average Bonchev–Trinajstić information content (AvgIpc) is 2.52. The molecule has 0 atom stereocenters. The molecule has 0 bridgehead atoms. The number of likely N-dealkylation sites (tertiary alicyclic amines) is 1. The minimum Gasteiger partial charge on any atom is -0.482 e. The van der Waals surface area contributed by atoms with Gasteiger partial charge in [0.25, 0.3) is 0 Å². The Bertz CT molecular complexity index is 605. The third-order valence-corrected chi connectivity index (χ3v) is 4.53. The van der Waals surface area contributed by atoms with Crippen LogP contribution in [0.4, 0.5) is 0 Å². The fraction of sp³-hybridized carbons (Fsp3) is 0.682. The van der Waals surface area contributed by atoms with Crippen LogP contribution in [0, 0.1) is 0 Å². The van der Waals surface area contributed by atoms with Crippen LogP contribution in [0.25, 0.3) is 0 Å². The molecule has 146 valence electrons. The van der Waals surface area contributed by atoms with Crippen molar-refractivity contribution in [3.63, 3.8) is 0 Å².